The van der Waals surface area contributed by atoms with Crippen LogP contribution in [0.2, 0.25) is 0 Å². The summed E-state index contributed by atoms with van der Waals surface area (Å²) in [4.78, 5) is 13.5. The van der Waals surface area contributed by atoms with Crippen molar-refractivity contribution in [2.24, 2.45) is 0 Å². The molecule has 0 bridgehead atoms. The Hall–Kier alpha value is -0.660. The van der Waals surface area contributed by atoms with E-state index < -0.39 is 10.0 Å². The molecule has 7 heteroatoms. The van der Waals surface area contributed by atoms with Crippen LogP contribution in [0.25, 0.3) is 0 Å². The van der Waals surface area contributed by atoms with Crippen molar-refractivity contribution >= 4 is 15.9 Å². The minimum Gasteiger partial charge on any atom is -0.355 e. The van der Waals surface area contributed by atoms with Gasteiger partial charge in [-0.15, -0.1) is 0 Å². The Morgan fingerprint density at radius 2 is 1.83 bits per heavy atom. The minimum atomic E-state index is -3.34. The van der Waals surface area contributed by atoms with Gasteiger partial charge in [0.1, 0.15) is 0 Å². The lowest BCUT2D eigenvalue weighted by Gasteiger charge is -2.21. The molecular formula is C11H25N3O3S. The zero-order valence-electron chi connectivity index (χ0n) is 11.8. The predicted molar refractivity (Wildman–Crippen MR) is 72.9 cm³/mol. The number of amides is 1. The van der Waals surface area contributed by atoms with Crippen LogP contribution in [0.15, 0.2) is 0 Å². The van der Waals surface area contributed by atoms with E-state index in [4.69, 9.17) is 0 Å². The Morgan fingerprint density at radius 1 is 1.22 bits per heavy atom. The van der Waals surface area contributed by atoms with E-state index in [1.54, 1.807) is 0 Å². The molecule has 0 saturated heterocycles. The zero-order chi connectivity index (χ0) is 14.2. The third-order valence-electron chi connectivity index (χ3n) is 2.44. The first-order valence-electron chi connectivity index (χ1n) is 6.14. The van der Waals surface area contributed by atoms with Crippen LogP contribution in [0.3, 0.4) is 0 Å². The standard InChI is InChI=1S/C11H25N3O3S/c1-5-6-7-12-11(15)10-14(18(4,16)17)9-8-13(2)3/h5-10H2,1-4H3,(H,12,15). The molecule has 0 aliphatic heterocycles. The summed E-state index contributed by atoms with van der Waals surface area (Å²) >= 11 is 0. The van der Waals surface area contributed by atoms with E-state index in [2.05, 4.69) is 5.32 Å². The van der Waals surface area contributed by atoms with E-state index in [1.807, 2.05) is 25.9 Å². The molecule has 0 aromatic carbocycles. The van der Waals surface area contributed by atoms with Gasteiger partial charge in [-0.2, -0.15) is 4.31 Å². The highest BCUT2D eigenvalue weighted by Gasteiger charge is 2.19. The number of hydrogen-bond acceptors (Lipinski definition) is 4. The van der Waals surface area contributed by atoms with Crippen LogP contribution in [-0.4, -0.2) is 70.1 Å². The van der Waals surface area contributed by atoms with Gasteiger partial charge in [-0.3, -0.25) is 4.79 Å². The Kier molecular flexibility index (Phi) is 8.13. The average Bonchev–Trinajstić information content (AvgIpc) is 2.22. The largest absolute Gasteiger partial charge is 0.355 e. The number of rotatable bonds is 9. The maximum Gasteiger partial charge on any atom is 0.235 e. The molecule has 0 aromatic rings. The van der Waals surface area contributed by atoms with E-state index in [1.165, 1.54) is 4.31 Å². The molecule has 1 amide bonds. The van der Waals surface area contributed by atoms with Gasteiger partial charge >= 0.3 is 0 Å². The molecule has 0 radical (unpaired) electrons. The van der Waals surface area contributed by atoms with E-state index in [9.17, 15) is 13.2 Å². The second-order valence-electron chi connectivity index (χ2n) is 4.60. The Morgan fingerprint density at radius 3 is 2.28 bits per heavy atom. The fraction of sp³-hybridized carbons (Fsp3) is 0.909. The lowest BCUT2D eigenvalue weighted by Crippen LogP contribution is -2.43. The molecule has 1 N–H and O–H groups in total. The van der Waals surface area contributed by atoms with Gasteiger partial charge in [-0.05, 0) is 20.5 Å². The van der Waals surface area contributed by atoms with Gasteiger partial charge in [-0.25, -0.2) is 8.42 Å². The molecule has 0 fully saturated rings. The second kappa shape index (κ2) is 8.44. The third kappa shape index (κ3) is 8.43. The number of likely N-dealkylation sites (N-methyl/N-ethyl adjacent to an activating group) is 1. The fourth-order valence-corrected chi connectivity index (χ4v) is 2.06. The van der Waals surface area contributed by atoms with Crippen molar-refractivity contribution in [1.29, 1.82) is 0 Å². The molecule has 0 aliphatic carbocycles. The minimum absolute atomic E-state index is 0.101. The molecule has 18 heavy (non-hydrogen) atoms. The first kappa shape index (κ1) is 17.3. The zero-order valence-corrected chi connectivity index (χ0v) is 12.6. The van der Waals surface area contributed by atoms with E-state index in [-0.39, 0.29) is 12.5 Å². The topological polar surface area (TPSA) is 69.7 Å². The van der Waals surface area contributed by atoms with Crippen molar-refractivity contribution in [3.05, 3.63) is 0 Å². The lowest BCUT2D eigenvalue weighted by molar-refractivity contribution is -0.121. The molecule has 108 valence electrons. The van der Waals surface area contributed by atoms with Gasteiger partial charge in [0.25, 0.3) is 0 Å². The smallest absolute Gasteiger partial charge is 0.235 e. The van der Waals surface area contributed by atoms with Crippen molar-refractivity contribution in [2.45, 2.75) is 19.8 Å². The molecule has 0 atom stereocenters. The van der Waals surface area contributed by atoms with Crippen LogP contribution in [0.4, 0.5) is 0 Å². The highest BCUT2D eigenvalue weighted by molar-refractivity contribution is 7.88. The lowest BCUT2D eigenvalue weighted by atomic mass is 10.3. The Balaban J connectivity index is 4.28. The molecule has 0 saturated carbocycles. The number of unbranched alkanes of at least 4 members (excludes halogenated alkanes) is 1. The van der Waals surface area contributed by atoms with Crippen molar-refractivity contribution < 1.29 is 13.2 Å². The molecule has 0 aliphatic rings. The summed E-state index contributed by atoms with van der Waals surface area (Å²) in [5, 5.41) is 2.72. The maximum absolute atomic E-state index is 11.6. The third-order valence-corrected chi connectivity index (χ3v) is 3.69. The monoisotopic (exact) mass is 279 g/mol. The molecule has 0 aromatic heterocycles. The molecular weight excluding hydrogens is 254 g/mol. The van der Waals surface area contributed by atoms with E-state index in [0.29, 0.717) is 19.6 Å². The summed E-state index contributed by atoms with van der Waals surface area (Å²) in [6, 6.07) is 0. The normalized spacial score (nSPS) is 12.1. The highest BCUT2D eigenvalue weighted by atomic mass is 32.2. The van der Waals surface area contributed by atoms with Crippen LogP contribution in [0.5, 0.6) is 0 Å². The van der Waals surface area contributed by atoms with Crippen LogP contribution < -0.4 is 5.32 Å². The summed E-state index contributed by atoms with van der Waals surface area (Å²) < 4.78 is 24.3. The molecule has 6 nitrogen and oxygen atoms in total. The number of carbonyl (C=O) groups is 1. The molecule has 0 rings (SSSR count). The van der Waals surface area contributed by atoms with Crippen LogP contribution in [0.1, 0.15) is 19.8 Å². The first-order chi connectivity index (χ1) is 8.27. The van der Waals surface area contributed by atoms with Gasteiger partial charge in [0.2, 0.25) is 15.9 Å². The number of hydrogen-bond donors (Lipinski definition) is 1. The number of carbonyl (C=O) groups excluding carboxylic acids is 1. The SMILES string of the molecule is CCCCNC(=O)CN(CCN(C)C)S(C)(=O)=O. The van der Waals surface area contributed by atoms with E-state index >= 15 is 0 Å². The predicted octanol–water partition coefficient (Wildman–Crippen LogP) is -0.274. The fourth-order valence-electron chi connectivity index (χ4n) is 1.29. The quantitative estimate of drug-likeness (QED) is 0.590. The first-order valence-corrected chi connectivity index (χ1v) is 7.98. The highest BCUT2D eigenvalue weighted by Crippen LogP contribution is 1.97. The van der Waals surface area contributed by atoms with Gasteiger partial charge < -0.3 is 10.2 Å². The van der Waals surface area contributed by atoms with Crippen LogP contribution in [0, 0.1) is 0 Å². The summed E-state index contributed by atoms with van der Waals surface area (Å²) in [6.07, 6.45) is 3.03. The summed E-state index contributed by atoms with van der Waals surface area (Å²) in [5.41, 5.74) is 0. The average molecular weight is 279 g/mol. The van der Waals surface area contributed by atoms with Crippen LogP contribution in [-0.2, 0) is 14.8 Å². The maximum atomic E-state index is 11.6. The van der Waals surface area contributed by atoms with Gasteiger partial charge in [0.05, 0.1) is 12.8 Å². The molecule has 0 unspecified atom stereocenters. The molecule has 0 spiro atoms. The van der Waals surface area contributed by atoms with Crippen molar-refractivity contribution in [1.82, 2.24) is 14.5 Å². The van der Waals surface area contributed by atoms with Gasteiger partial charge in [0.15, 0.2) is 0 Å². The van der Waals surface area contributed by atoms with Crippen LogP contribution >= 0.6 is 0 Å². The number of nitrogens with one attached hydrogen (secondary N) is 1. The van der Waals surface area contributed by atoms with Crippen molar-refractivity contribution in [3.8, 4) is 0 Å². The second-order valence-corrected chi connectivity index (χ2v) is 6.59. The Labute approximate surface area is 110 Å². The summed E-state index contributed by atoms with van der Waals surface area (Å²) in [5.74, 6) is -0.243. The number of nitrogens with zero attached hydrogens (tertiary/aromatic N) is 2. The van der Waals surface area contributed by atoms with Crippen molar-refractivity contribution in [3.63, 3.8) is 0 Å². The Bertz CT molecular complexity index is 341. The summed E-state index contributed by atoms with van der Waals surface area (Å²) in [6.45, 7) is 3.45. The summed E-state index contributed by atoms with van der Waals surface area (Å²) in [7, 11) is 0.385. The molecule has 0 heterocycles. The number of sulfonamides is 1. The van der Waals surface area contributed by atoms with Gasteiger partial charge in [0, 0.05) is 19.6 Å². The van der Waals surface area contributed by atoms with Gasteiger partial charge in [-0.1, -0.05) is 13.3 Å². The van der Waals surface area contributed by atoms with E-state index in [0.717, 1.165) is 19.1 Å². The van der Waals surface area contributed by atoms with Crippen molar-refractivity contribution in [2.75, 3.05) is 46.5 Å².